The van der Waals surface area contributed by atoms with Crippen LogP contribution in [-0.2, 0) is 9.53 Å². The zero-order valence-corrected chi connectivity index (χ0v) is 17.2. The zero-order valence-electron chi connectivity index (χ0n) is 16.4. The minimum atomic E-state index is -0.452. The van der Waals surface area contributed by atoms with Gasteiger partial charge in [0.1, 0.15) is 6.04 Å². The van der Waals surface area contributed by atoms with Gasteiger partial charge >= 0.3 is 5.97 Å². The first-order valence-electron chi connectivity index (χ1n) is 10.00. The lowest BCUT2D eigenvalue weighted by Crippen LogP contribution is -2.33. The molecule has 0 aromatic heterocycles. The van der Waals surface area contributed by atoms with Crippen LogP contribution in [0.2, 0.25) is 0 Å². The summed E-state index contributed by atoms with van der Waals surface area (Å²) in [5.41, 5.74) is 5.79. The second-order valence-corrected chi connectivity index (χ2v) is 7.29. The number of ether oxygens (including phenoxy) is 1. The number of hydrogen-bond acceptors (Lipinski definition) is 3. The second kappa shape index (κ2) is 19.1. The third kappa shape index (κ3) is 18.1. The Hall–Kier alpha value is -0.280. The molecule has 0 unspecified atom stereocenters. The van der Waals surface area contributed by atoms with Gasteiger partial charge in [-0.1, -0.05) is 91.4 Å². The van der Waals surface area contributed by atoms with E-state index in [2.05, 4.69) is 20.8 Å². The van der Waals surface area contributed by atoms with Crippen molar-refractivity contribution in [2.75, 3.05) is 6.61 Å². The lowest BCUT2D eigenvalue weighted by molar-refractivity contribution is -0.145. The Morgan fingerprint density at radius 1 is 0.833 bits per heavy atom. The highest BCUT2D eigenvalue weighted by atomic mass is 35.5. The van der Waals surface area contributed by atoms with Gasteiger partial charge in [0.25, 0.3) is 0 Å². The smallest absolute Gasteiger partial charge is 0.322 e. The van der Waals surface area contributed by atoms with Gasteiger partial charge < -0.3 is 10.5 Å². The van der Waals surface area contributed by atoms with E-state index >= 15 is 0 Å². The van der Waals surface area contributed by atoms with Crippen molar-refractivity contribution in [2.45, 2.75) is 110 Å². The first-order valence-corrected chi connectivity index (χ1v) is 10.00. The standard InChI is InChI=1S/C20H41NO2.ClH/c1-4-5-6-7-8-9-10-11-12-13-14-15-16-23-20(22)19(21)17-18(2)3;/h18-19H,4-17,21H2,1-3H3;1H/t19-;/m0./s1. The third-order valence-corrected chi connectivity index (χ3v) is 4.27. The number of unbranched alkanes of at least 4 members (excludes halogenated alkanes) is 11. The van der Waals surface area contributed by atoms with Crippen LogP contribution in [-0.4, -0.2) is 18.6 Å². The van der Waals surface area contributed by atoms with Crippen LogP contribution in [0.1, 0.15) is 104 Å². The van der Waals surface area contributed by atoms with Gasteiger partial charge in [0.05, 0.1) is 6.61 Å². The Balaban J connectivity index is 0. The van der Waals surface area contributed by atoms with Crippen LogP contribution in [0.25, 0.3) is 0 Å². The highest BCUT2D eigenvalue weighted by molar-refractivity contribution is 5.85. The third-order valence-electron chi connectivity index (χ3n) is 4.27. The van der Waals surface area contributed by atoms with Gasteiger partial charge in [-0.05, 0) is 18.8 Å². The molecule has 0 amide bonds. The molecular weight excluding hydrogens is 322 g/mol. The highest BCUT2D eigenvalue weighted by Gasteiger charge is 2.15. The van der Waals surface area contributed by atoms with Crippen molar-refractivity contribution >= 4 is 18.4 Å². The maximum Gasteiger partial charge on any atom is 0.322 e. The van der Waals surface area contributed by atoms with Gasteiger partial charge in [-0.25, -0.2) is 0 Å². The number of nitrogens with two attached hydrogens (primary N) is 1. The van der Waals surface area contributed by atoms with E-state index in [-0.39, 0.29) is 18.4 Å². The number of rotatable bonds is 16. The average Bonchev–Trinajstić information content (AvgIpc) is 2.51. The predicted molar refractivity (Wildman–Crippen MR) is 107 cm³/mol. The molecule has 0 fully saturated rings. The van der Waals surface area contributed by atoms with Gasteiger partial charge in [0, 0.05) is 0 Å². The van der Waals surface area contributed by atoms with Crippen molar-refractivity contribution in [2.24, 2.45) is 11.7 Å². The Morgan fingerprint density at radius 3 is 1.67 bits per heavy atom. The molecule has 0 spiro atoms. The molecular formula is C20H42ClNO2. The Morgan fingerprint density at radius 2 is 1.25 bits per heavy atom. The summed E-state index contributed by atoms with van der Waals surface area (Å²) in [6.07, 6.45) is 16.5. The summed E-state index contributed by atoms with van der Waals surface area (Å²) in [7, 11) is 0. The van der Waals surface area contributed by atoms with Gasteiger partial charge in [-0.3, -0.25) is 4.79 Å². The molecule has 0 radical (unpaired) electrons. The number of halogens is 1. The molecule has 0 heterocycles. The first kappa shape index (κ1) is 26.0. The number of carbonyl (C=O) groups excluding carboxylic acids is 1. The summed E-state index contributed by atoms with van der Waals surface area (Å²) in [6, 6.07) is -0.452. The topological polar surface area (TPSA) is 52.3 Å². The summed E-state index contributed by atoms with van der Waals surface area (Å²) in [4.78, 5) is 11.6. The van der Waals surface area contributed by atoms with E-state index in [0.29, 0.717) is 18.9 Å². The molecule has 0 saturated carbocycles. The van der Waals surface area contributed by atoms with Crippen molar-refractivity contribution in [1.82, 2.24) is 0 Å². The quantitative estimate of drug-likeness (QED) is 0.269. The molecule has 2 N–H and O–H groups in total. The molecule has 0 aliphatic rings. The maximum atomic E-state index is 11.6. The van der Waals surface area contributed by atoms with Crippen molar-refractivity contribution in [3.8, 4) is 0 Å². The lowest BCUT2D eigenvalue weighted by Gasteiger charge is -2.13. The normalized spacial score (nSPS) is 12.0. The molecule has 0 rings (SSSR count). The van der Waals surface area contributed by atoms with Gasteiger partial charge in [-0.15, -0.1) is 12.4 Å². The second-order valence-electron chi connectivity index (χ2n) is 7.29. The van der Waals surface area contributed by atoms with Crippen LogP contribution >= 0.6 is 12.4 Å². The fourth-order valence-corrected chi connectivity index (χ4v) is 2.83. The van der Waals surface area contributed by atoms with Crippen molar-refractivity contribution in [1.29, 1.82) is 0 Å². The molecule has 1 atom stereocenters. The molecule has 146 valence electrons. The van der Waals surface area contributed by atoms with E-state index in [4.69, 9.17) is 10.5 Å². The fraction of sp³-hybridized carbons (Fsp3) is 0.950. The van der Waals surface area contributed by atoms with Crippen molar-refractivity contribution in [3.63, 3.8) is 0 Å². The van der Waals surface area contributed by atoms with Crippen LogP contribution in [0, 0.1) is 5.92 Å². The largest absolute Gasteiger partial charge is 0.465 e. The molecule has 0 saturated heterocycles. The summed E-state index contributed by atoms with van der Waals surface area (Å²) in [6.45, 7) is 6.93. The number of carbonyl (C=O) groups is 1. The minimum absolute atomic E-state index is 0. The molecule has 0 bridgehead atoms. The summed E-state index contributed by atoms with van der Waals surface area (Å²) in [5, 5.41) is 0. The molecule has 0 aliphatic carbocycles. The summed E-state index contributed by atoms with van der Waals surface area (Å²) >= 11 is 0. The lowest BCUT2D eigenvalue weighted by atomic mass is 10.0. The van der Waals surface area contributed by atoms with Crippen molar-refractivity contribution < 1.29 is 9.53 Å². The summed E-state index contributed by atoms with van der Waals surface area (Å²) in [5.74, 6) is 0.200. The minimum Gasteiger partial charge on any atom is -0.465 e. The van der Waals surface area contributed by atoms with Gasteiger partial charge in [0.2, 0.25) is 0 Å². The van der Waals surface area contributed by atoms with E-state index in [9.17, 15) is 4.79 Å². The van der Waals surface area contributed by atoms with E-state index < -0.39 is 6.04 Å². The molecule has 0 aromatic rings. The molecule has 4 heteroatoms. The Bertz CT molecular complexity index is 272. The molecule has 24 heavy (non-hydrogen) atoms. The molecule has 3 nitrogen and oxygen atoms in total. The zero-order chi connectivity index (χ0) is 17.3. The monoisotopic (exact) mass is 363 g/mol. The van der Waals surface area contributed by atoms with E-state index in [1.807, 2.05) is 0 Å². The van der Waals surface area contributed by atoms with Crippen LogP contribution in [0.5, 0.6) is 0 Å². The fourth-order valence-electron chi connectivity index (χ4n) is 2.83. The van der Waals surface area contributed by atoms with E-state index in [1.165, 1.54) is 64.2 Å². The maximum absolute atomic E-state index is 11.6. The van der Waals surface area contributed by atoms with E-state index in [0.717, 1.165) is 12.8 Å². The van der Waals surface area contributed by atoms with Crippen LogP contribution in [0.15, 0.2) is 0 Å². The molecule has 0 aromatic carbocycles. The van der Waals surface area contributed by atoms with E-state index in [1.54, 1.807) is 0 Å². The number of esters is 1. The Kier molecular flexibility index (Phi) is 20.6. The SMILES string of the molecule is CCCCCCCCCCCCCCOC(=O)[C@@H](N)CC(C)C.Cl. The predicted octanol–water partition coefficient (Wildman–Crippen LogP) is 6.03. The summed E-state index contributed by atoms with van der Waals surface area (Å²) < 4.78 is 5.23. The van der Waals surface area contributed by atoms with Crippen molar-refractivity contribution in [3.05, 3.63) is 0 Å². The molecule has 0 aliphatic heterocycles. The highest BCUT2D eigenvalue weighted by Crippen LogP contribution is 2.12. The number of hydrogen-bond donors (Lipinski definition) is 1. The van der Waals surface area contributed by atoms with Crippen LogP contribution < -0.4 is 5.73 Å². The van der Waals surface area contributed by atoms with Crippen LogP contribution in [0.4, 0.5) is 0 Å². The van der Waals surface area contributed by atoms with Gasteiger partial charge in [-0.2, -0.15) is 0 Å². The Labute approximate surface area is 156 Å². The van der Waals surface area contributed by atoms with Gasteiger partial charge in [0.15, 0.2) is 0 Å². The first-order chi connectivity index (χ1) is 11.1. The van der Waals surface area contributed by atoms with Crippen LogP contribution in [0.3, 0.4) is 0 Å². The average molecular weight is 364 g/mol.